The van der Waals surface area contributed by atoms with E-state index in [0.29, 0.717) is 27.4 Å². The van der Waals surface area contributed by atoms with Crippen LogP contribution in [0.15, 0.2) is 84.0 Å². The lowest BCUT2D eigenvalue weighted by atomic mass is 10.2. The number of nitrogens with zero attached hydrogens (tertiary/aromatic N) is 3. The van der Waals surface area contributed by atoms with Crippen molar-refractivity contribution in [3.63, 3.8) is 0 Å². The largest absolute Gasteiger partial charge is 0.399 e. The van der Waals surface area contributed by atoms with Gasteiger partial charge in [0.25, 0.3) is 0 Å². The molecule has 0 bridgehead atoms. The Kier molecular flexibility index (Phi) is 6.02. The number of hydrogen-bond acceptors (Lipinski definition) is 5. The van der Waals surface area contributed by atoms with Crippen LogP contribution in [0.2, 0.25) is 5.02 Å². The van der Waals surface area contributed by atoms with E-state index in [1.54, 1.807) is 24.3 Å². The normalized spacial score (nSPS) is 10.7. The van der Waals surface area contributed by atoms with Gasteiger partial charge in [-0.3, -0.25) is 9.36 Å². The van der Waals surface area contributed by atoms with E-state index in [-0.39, 0.29) is 11.7 Å². The maximum Gasteiger partial charge on any atom is 0.234 e. The van der Waals surface area contributed by atoms with Crippen molar-refractivity contribution in [2.45, 2.75) is 5.16 Å². The minimum Gasteiger partial charge on any atom is -0.399 e. The first-order valence-corrected chi connectivity index (χ1v) is 10.5. The quantitative estimate of drug-likeness (QED) is 0.332. The number of carbonyl (C=O) groups excluding carboxylic acids is 1. The molecule has 0 saturated carbocycles. The van der Waals surface area contributed by atoms with Gasteiger partial charge in [0.15, 0.2) is 11.0 Å². The molecule has 0 unspecified atom stereocenters. The number of hydrogen-bond donors (Lipinski definition) is 2. The smallest absolute Gasteiger partial charge is 0.234 e. The third kappa shape index (κ3) is 4.64. The molecule has 6 nitrogen and oxygen atoms in total. The van der Waals surface area contributed by atoms with E-state index >= 15 is 0 Å². The van der Waals surface area contributed by atoms with Crippen LogP contribution in [-0.4, -0.2) is 26.4 Å². The van der Waals surface area contributed by atoms with E-state index in [9.17, 15) is 4.79 Å². The van der Waals surface area contributed by atoms with Gasteiger partial charge in [0.05, 0.1) is 5.75 Å². The standard InChI is InChI=1S/C22H18ClN5OS/c23-16-8-12-18(13-9-16)25-20(29)14-30-22-27-26-21(15-6-10-17(24)11-7-15)28(22)19-4-2-1-3-5-19/h1-13H,14,24H2,(H,25,29). The van der Waals surface area contributed by atoms with Crippen LogP contribution >= 0.6 is 23.4 Å². The van der Waals surface area contributed by atoms with Gasteiger partial charge in [0.1, 0.15) is 0 Å². The van der Waals surface area contributed by atoms with Crippen molar-refractivity contribution in [3.05, 3.63) is 83.9 Å². The van der Waals surface area contributed by atoms with Gasteiger partial charge in [-0.25, -0.2) is 0 Å². The van der Waals surface area contributed by atoms with Gasteiger partial charge >= 0.3 is 0 Å². The third-order valence-corrected chi connectivity index (χ3v) is 5.46. The maximum absolute atomic E-state index is 12.4. The van der Waals surface area contributed by atoms with E-state index < -0.39 is 0 Å². The number of benzene rings is 3. The lowest BCUT2D eigenvalue weighted by Crippen LogP contribution is -2.14. The van der Waals surface area contributed by atoms with Crippen molar-refractivity contribution < 1.29 is 4.79 Å². The number of carbonyl (C=O) groups is 1. The summed E-state index contributed by atoms with van der Waals surface area (Å²) in [5.41, 5.74) is 8.98. The molecule has 1 amide bonds. The minimum absolute atomic E-state index is 0.140. The first-order chi connectivity index (χ1) is 14.6. The molecule has 3 N–H and O–H groups in total. The third-order valence-electron chi connectivity index (χ3n) is 4.28. The molecular formula is C22H18ClN5OS. The van der Waals surface area contributed by atoms with Gasteiger partial charge in [-0.15, -0.1) is 10.2 Å². The number of nitrogens with one attached hydrogen (secondary N) is 1. The zero-order chi connectivity index (χ0) is 20.9. The SMILES string of the molecule is Nc1ccc(-c2nnc(SCC(=O)Nc3ccc(Cl)cc3)n2-c2ccccc2)cc1. The van der Waals surface area contributed by atoms with Crippen molar-refractivity contribution >= 4 is 40.6 Å². The monoisotopic (exact) mass is 435 g/mol. The average Bonchev–Trinajstić information content (AvgIpc) is 3.19. The molecular weight excluding hydrogens is 418 g/mol. The lowest BCUT2D eigenvalue weighted by Gasteiger charge is -2.10. The molecule has 4 aromatic rings. The highest BCUT2D eigenvalue weighted by Crippen LogP contribution is 2.28. The fraction of sp³-hybridized carbons (Fsp3) is 0.0455. The van der Waals surface area contributed by atoms with Gasteiger partial charge in [0.2, 0.25) is 5.91 Å². The molecule has 0 atom stereocenters. The highest BCUT2D eigenvalue weighted by Gasteiger charge is 2.17. The Balaban J connectivity index is 1.57. The summed E-state index contributed by atoms with van der Waals surface area (Å²) in [5.74, 6) is 0.732. The van der Waals surface area contributed by atoms with Crippen LogP contribution in [0.1, 0.15) is 0 Å². The number of halogens is 1. The van der Waals surface area contributed by atoms with E-state index in [2.05, 4.69) is 15.5 Å². The Labute approximate surface area is 183 Å². The molecule has 0 aliphatic rings. The van der Waals surface area contributed by atoms with Crippen LogP contribution in [0, 0.1) is 0 Å². The molecule has 0 aliphatic heterocycles. The second-order valence-corrected chi connectivity index (χ2v) is 7.82. The Morgan fingerprint density at radius 2 is 1.67 bits per heavy atom. The summed E-state index contributed by atoms with van der Waals surface area (Å²) in [6.07, 6.45) is 0. The molecule has 3 aromatic carbocycles. The van der Waals surface area contributed by atoms with Gasteiger partial charge in [-0.2, -0.15) is 0 Å². The molecule has 0 radical (unpaired) electrons. The first-order valence-electron chi connectivity index (χ1n) is 9.15. The molecule has 0 saturated heterocycles. The maximum atomic E-state index is 12.4. The van der Waals surface area contributed by atoms with Gasteiger partial charge in [0, 0.05) is 27.6 Å². The highest BCUT2D eigenvalue weighted by atomic mass is 35.5. The summed E-state index contributed by atoms with van der Waals surface area (Å²) in [4.78, 5) is 12.4. The van der Waals surface area contributed by atoms with Crippen molar-refractivity contribution in [1.29, 1.82) is 0 Å². The number of nitrogen functional groups attached to an aromatic ring is 1. The van der Waals surface area contributed by atoms with Crippen molar-refractivity contribution in [2.75, 3.05) is 16.8 Å². The molecule has 0 fully saturated rings. The van der Waals surface area contributed by atoms with E-state index in [4.69, 9.17) is 17.3 Å². The Bertz CT molecular complexity index is 1140. The fourth-order valence-corrected chi connectivity index (χ4v) is 3.73. The van der Waals surface area contributed by atoms with Crippen molar-refractivity contribution in [2.24, 2.45) is 0 Å². The second-order valence-electron chi connectivity index (χ2n) is 6.44. The van der Waals surface area contributed by atoms with Crippen LogP contribution in [0.4, 0.5) is 11.4 Å². The Hall–Kier alpha value is -3.29. The van der Waals surface area contributed by atoms with Gasteiger partial charge < -0.3 is 11.1 Å². The van der Waals surface area contributed by atoms with Crippen molar-refractivity contribution in [1.82, 2.24) is 14.8 Å². The molecule has 1 heterocycles. The number of para-hydroxylation sites is 1. The number of anilines is 2. The van der Waals surface area contributed by atoms with E-state index in [1.165, 1.54) is 11.8 Å². The molecule has 0 aliphatic carbocycles. The average molecular weight is 436 g/mol. The summed E-state index contributed by atoms with van der Waals surface area (Å²) in [6.45, 7) is 0. The van der Waals surface area contributed by atoms with Crippen LogP contribution in [0.3, 0.4) is 0 Å². The topological polar surface area (TPSA) is 85.8 Å². The van der Waals surface area contributed by atoms with E-state index in [1.807, 2.05) is 59.2 Å². The van der Waals surface area contributed by atoms with Crippen LogP contribution in [0.5, 0.6) is 0 Å². The zero-order valence-corrected chi connectivity index (χ0v) is 17.4. The molecule has 8 heteroatoms. The van der Waals surface area contributed by atoms with Crippen molar-refractivity contribution in [3.8, 4) is 17.1 Å². The molecule has 30 heavy (non-hydrogen) atoms. The molecule has 4 rings (SSSR count). The number of thioether (sulfide) groups is 1. The summed E-state index contributed by atoms with van der Waals surface area (Å²) >= 11 is 7.20. The summed E-state index contributed by atoms with van der Waals surface area (Å²) < 4.78 is 1.94. The number of rotatable bonds is 6. The molecule has 1 aromatic heterocycles. The predicted molar refractivity (Wildman–Crippen MR) is 122 cm³/mol. The van der Waals surface area contributed by atoms with Gasteiger partial charge in [-0.05, 0) is 60.7 Å². The predicted octanol–water partition coefficient (Wildman–Crippen LogP) is 4.90. The lowest BCUT2D eigenvalue weighted by molar-refractivity contribution is -0.113. The summed E-state index contributed by atoms with van der Waals surface area (Å²) in [6, 6.07) is 24.2. The number of amides is 1. The first kappa shape index (κ1) is 20.0. The highest BCUT2D eigenvalue weighted by molar-refractivity contribution is 7.99. The van der Waals surface area contributed by atoms with Gasteiger partial charge in [-0.1, -0.05) is 41.6 Å². The van der Waals surface area contributed by atoms with E-state index in [0.717, 1.165) is 11.3 Å². The van der Waals surface area contributed by atoms with Crippen LogP contribution in [-0.2, 0) is 4.79 Å². The van der Waals surface area contributed by atoms with Crippen LogP contribution in [0.25, 0.3) is 17.1 Å². The van der Waals surface area contributed by atoms with Crippen LogP contribution < -0.4 is 11.1 Å². The molecule has 150 valence electrons. The summed E-state index contributed by atoms with van der Waals surface area (Å²) in [7, 11) is 0. The second kappa shape index (κ2) is 9.02. The number of aromatic nitrogens is 3. The number of nitrogens with two attached hydrogens (primary N) is 1. The Morgan fingerprint density at radius 1 is 0.967 bits per heavy atom. The fourth-order valence-electron chi connectivity index (χ4n) is 2.85. The summed E-state index contributed by atoms with van der Waals surface area (Å²) in [5, 5.41) is 12.8. The molecule has 0 spiro atoms. The Morgan fingerprint density at radius 3 is 2.37 bits per heavy atom. The zero-order valence-electron chi connectivity index (χ0n) is 15.8. The minimum atomic E-state index is -0.140.